The summed E-state index contributed by atoms with van der Waals surface area (Å²) in [5.41, 5.74) is 7.27. The van der Waals surface area contributed by atoms with E-state index in [0.717, 1.165) is 51.3 Å². The molecule has 0 aromatic heterocycles. The molecule has 2 N–H and O–H groups in total. The first kappa shape index (κ1) is 15.1. The molecule has 2 rings (SSSR count). The average Bonchev–Trinajstić information content (AvgIpc) is 2.44. The fourth-order valence-corrected chi connectivity index (χ4v) is 2.63. The van der Waals surface area contributed by atoms with Crippen LogP contribution in [0.5, 0.6) is 5.75 Å². The molecule has 1 saturated heterocycles. The normalized spacial score (nSPS) is 19.4. The summed E-state index contributed by atoms with van der Waals surface area (Å²) >= 11 is 0. The topological polar surface area (TPSA) is 41.7 Å². The monoisotopic (exact) mass is 277 g/mol. The Labute approximate surface area is 122 Å². The van der Waals surface area contributed by atoms with E-state index < -0.39 is 0 Å². The Balaban J connectivity index is 1.95. The fourth-order valence-electron chi connectivity index (χ4n) is 2.63. The molecule has 0 spiro atoms. The van der Waals surface area contributed by atoms with Crippen LogP contribution >= 0.6 is 0 Å². The summed E-state index contributed by atoms with van der Waals surface area (Å²) in [5.74, 6) is 0.986. The van der Waals surface area contributed by atoms with Gasteiger partial charge in [0, 0.05) is 25.7 Å². The summed E-state index contributed by atoms with van der Waals surface area (Å²) in [7, 11) is 4.17. The fraction of sp³-hybridized carbons (Fsp3) is 0.625. The molecule has 0 amide bonds. The van der Waals surface area contributed by atoms with E-state index in [1.807, 2.05) is 6.07 Å². The Kier molecular flexibility index (Phi) is 5.68. The third-order valence-corrected chi connectivity index (χ3v) is 3.67. The quantitative estimate of drug-likeness (QED) is 0.807. The molecule has 1 heterocycles. The summed E-state index contributed by atoms with van der Waals surface area (Å²) < 4.78 is 5.97. The van der Waals surface area contributed by atoms with Gasteiger partial charge in [0.15, 0.2) is 0 Å². The van der Waals surface area contributed by atoms with Gasteiger partial charge in [0.1, 0.15) is 5.75 Å². The number of anilines is 1. The van der Waals surface area contributed by atoms with Crippen molar-refractivity contribution < 1.29 is 4.74 Å². The van der Waals surface area contributed by atoms with Gasteiger partial charge >= 0.3 is 0 Å². The van der Waals surface area contributed by atoms with Gasteiger partial charge < -0.3 is 20.3 Å². The molecule has 1 unspecified atom stereocenters. The van der Waals surface area contributed by atoms with Gasteiger partial charge in [-0.05, 0) is 45.5 Å². The van der Waals surface area contributed by atoms with Crippen LogP contribution in [0.4, 0.5) is 5.69 Å². The molecular formula is C16H27N3O. The molecule has 20 heavy (non-hydrogen) atoms. The minimum absolute atomic E-state index is 0.283. The van der Waals surface area contributed by atoms with Gasteiger partial charge in [-0.2, -0.15) is 0 Å². The Bertz CT molecular complexity index is 408. The molecule has 1 aliphatic rings. The van der Waals surface area contributed by atoms with Crippen molar-refractivity contribution in [3.05, 3.63) is 24.3 Å². The second-order valence-electron chi connectivity index (χ2n) is 5.82. The van der Waals surface area contributed by atoms with E-state index in [4.69, 9.17) is 10.5 Å². The smallest absolute Gasteiger partial charge is 0.142 e. The molecule has 1 fully saturated rings. The zero-order chi connectivity index (χ0) is 14.4. The third kappa shape index (κ3) is 4.39. The summed E-state index contributed by atoms with van der Waals surface area (Å²) in [6.45, 7) is 3.82. The molecule has 0 radical (unpaired) electrons. The summed E-state index contributed by atoms with van der Waals surface area (Å²) in [6, 6.07) is 8.59. The van der Waals surface area contributed by atoms with Crippen LogP contribution in [0.1, 0.15) is 19.3 Å². The second-order valence-corrected chi connectivity index (χ2v) is 5.82. The molecule has 1 aliphatic heterocycles. The molecule has 4 nitrogen and oxygen atoms in total. The van der Waals surface area contributed by atoms with E-state index in [1.54, 1.807) is 0 Å². The Morgan fingerprint density at radius 1 is 1.35 bits per heavy atom. The van der Waals surface area contributed by atoms with Crippen molar-refractivity contribution in [1.82, 2.24) is 4.90 Å². The number of ether oxygens (including phenoxy) is 1. The minimum atomic E-state index is 0.283. The summed E-state index contributed by atoms with van der Waals surface area (Å²) in [6.07, 6.45) is 3.33. The van der Waals surface area contributed by atoms with Gasteiger partial charge in [-0.25, -0.2) is 0 Å². The molecule has 1 atom stereocenters. The molecule has 112 valence electrons. The molecule has 1 aromatic rings. The van der Waals surface area contributed by atoms with E-state index in [-0.39, 0.29) is 6.04 Å². The number of piperidine rings is 1. The zero-order valence-corrected chi connectivity index (χ0v) is 12.7. The highest BCUT2D eigenvalue weighted by Gasteiger charge is 2.19. The number of hydrogen-bond acceptors (Lipinski definition) is 4. The van der Waals surface area contributed by atoms with Crippen LogP contribution < -0.4 is 15.4 Å². The molecule has 0 bridgehead atoms. The first-order valence-corrected chi connectivity index (χ1v) is 7.54. The average molecular weight is 277 g/mol. The Morgan fingerprint density at radius 3 is 2.90 bits per heavy atom. The second kappa shape index (κ2) is 7.50. The maximum atomic E-state index is 6.08. The lowest BCUT2D eigenvalue weighted by Crippen LogP contribution is -2.43. The van der Waals surface area contributed by atoms with E-state index in [9.17, 15) is 0 Å². The molecule has 0 saturated carbocycles. The van der Waals surface area contributed by atoms with Crippen LogP contribution in [-0.2, 0) is 0 Å². The highest BCUT2D eigenvalue weighted by Crippen LogP contribution is 2.30. The van der Waals surface area contributed by atoms with Crippen LogP contribution in [0.2, 0.25) is 0 Å². The van der Waals surface area contributed by atoms with E-state index >= 15 is 0 Å². The van der Waals surface area contributed by atoms with Crippen molar-refractivity contribution in [3.8, 4) is 5.75 Å². The van der Waals surface area contributed by atoms with Gasteiger partial charge in [0.05, 0.1) is 12.3 Å². The number of rotatable bonds is 6. The van der Waals surface area contributed by atoms with Crippen molar-refractivity contribution in [1.29, 1.82) is 0 Å². The van der Waals surface area contributed by atoms with Crippen LogP contribution in [0.15, 0.2) is 24.3 Å². The van der Waals surface area contributed by atoms with Crippen molar-refractivity contribution in [2.24, 2.45) is 5.73 Å². The molecule has 4 heteroatoms. The minimum Gasteiger partial charge on any atom is -0.491 e. The Morgan fingerprint density at radius 2 is 2.15 bits per heavy atom. The highest BCUT2D eigenvalue weighted by atomic mass is 16.5. The number of para-hydroxylation sites is 2. The Hall–Kier alpha value is -1.26. The summed E-state index contributed by atoms with van der Waals surface area (Å²) in [4.78, 5) is 4.54. The predicted octanol–water partition coefficient (Wildman–Crippen LogP) is 1.94. The number of nitrogens with two attached hydrogens (primary N) is 1. The number of benzene rings is 1. The van der Waals surface area contributed by atoms with E-state index in [1.165, 1.54) is 5.69 Å². The third-order valence-electron chi connectivity index (χ3n) is 3.67. The van der Waals surface area contributed by atoms with Crippen molar-refractivity contribution in [2.45, 2.75) is 25.3 Å². The lowest BCUT2D eigenvalue weighted by atomic mass is 10.1. The van der Waals surface area contributed by atoms with Crippen molar-refractivity contribution >= 4 is 5.69 Å². The first-order chi connectivity index (χ1) is 9.66. The predicted molar refractivity (Wildman–Crippen MR) is 84.5 cm³/mol. The highest BCUT2D eigenvalue weighted by molar-refractivity contribution is 5.58. The molecule has 0 aliphatic carbocycles. The van der Waals surface area contributed by atoms with Crippen LogP contribution in [0, 0.1) is 0 Å². The van der Waals surface area contributed by atoms with Gasteiger partial charge in [-0.3, -0.25) is 0 Å². The van der Waals surface area contributed by atoms with Gasteiger partial charge in [-0.15, -0.1) is 0 Å². The van der Waals surface area contributed by atoms with Crippen LogP contribution in [0.3, 0.4) is 0 Å². The first-order valence-electron chi connectivity index (χ1n) is 7.54. The molecule has 1 aromatic carbocycles. The van der Waals surface area contributed by atoms with Crippen molar-refractivity contribution in [2.75, 3.05) is 45.2 Å². The lowest BCUT2D eigenvalue weighted by Gasteiger charge is -2.33. The maximum Gasteiger partial charge on any atom is 0.142 e. The van der Waals surface area contributed by atoms with Crippen LogP contribution in [-0.4, -0.2) is 51.3 Å². The van der Waals surface area contributed by atoms with E-state index in [0.29, 0.717) is 0 Å². The van der Waals surface area contributed by atoms with Gasteiger partial charge in [0.2, 0.25) is 0 Å². The van der Waals surface area contributed by atoms with E-state index in [2.05, 4.69) is 42.1 Å². The number of nitrogens with zero attached hydrogens (tertiary/aromatic N) is 2. The SMILES string of the molecule is CN(C)CCCOc1ccccc1N1CCCC(N)C1. The van der Waals surface area contributed by atoms with Crippen LogP contribution in [0.25, 0.3) is 0 Å². The largest absolute Gasteiger partial charge is 0.491 e. The summed E-state index contributed by atoms with van der Waals surface area (Å²) in [5, 5.41) is 0. The van der Waals surface area contributed by atoms with Crippen molar-refractivity contribution in [3.63, 3.8) is 0 Å². The number of hydrogen-bond donors (Lipinski definition) is 1. The standard InChI is InChI=1S/C16H27N3O/c1-18(2)10-6-12-20-16-9-4-3-8-15(16)19-11-5-7-14(17)13-19/h3-4,8-9,14H,5-7,10-13,17H2,1-2H3. The maximum absolute atomic E-state index is 6.08. The molecular weight excluding hydrogens is 250 g/mol. The van der Waals surface area contributed by atoms with Gasteiger partial charge in [-0.1, -0.05) is 12.1 Å². The lowest BCUT2D eigenvalue weighted by molar-refractivity contribution is 0.281. The van der Waals surface area contributed by atoms with Gasteiger partial charge in [0.25, 0.3) is 0 Å². The zero-order valence-electron chi connectivity index (χ0n) is 12.7.